The van der Waals surface area contributed by atoms with Crippen LogP contribution in [0, 0.1) is 10.1 Å². The Morgan fingerprint density at radius 2 is 2.12 bits per heavy atom. The fraction of sp³-hybridized carbons (Fsp3) is 0.316. The Balaban J connectivity index is 1.66. The van der Waals surface area contributed by atoms with Gasteiger partial charge in [0.25, 0.3) is 5.91 Å². The van der Waals surface area contributed by atoms with Gasteiger partial charge in [0.15, 0.2) is 5.75 Å². The number of benzene rings is 2. The number of nitrogens with zero attached hydrogens (tertiary/aromatic N) is 2. The molecule has 7 heteroatoms. The number of hydrogen-bond acceptors (Lipinski definition) is 5. The highest BCUT2D eigenvalue weighted by atomic mass is 16.6. The topological polar surface area (TPSA) is 84.7 Å². The normalized spacial score (nSPS) is 13.8. The standard InChI is InChI=1S/C19H21N3O4/c1-13(21-10-9-14-5-3-4-6-16(14)21)12-20-19(23)15-7-8-18(26-2)17(11-15)22(24)25/h3-8,11,13H,9-10,12H2,1-2H3,(H,20,23)/t13-/m0/s1. The molecule has 2 aromatic rings. The van der Waals surface area contributed by atoms with Crippen LogP contribution in [0.2, 0.25) is 0 Å². The summed E-state index contributed by atoms with van der Waals surface area (Å²) >= 11 is 0. The lowest BCUT2D eigenvalue weighted by Gasteiger charge is -2.27. The number of fused-ring (bicyclic) bond motifs is 1. The van der Waals surface area contributed by atoms with E-state index in [-0.39, 0.29) is 28.9 Å². The molecule has 136 valence electrons. The third-order valence-electron chi connectivity index (χ3n) is 4.65. The zero-order valence-corrected chi connectivity index (χ0v) is 14.8. The van der Waals surface area contributed by atoms with Crippen LogP contribution in [0.25, 0.3) is 0 Å². The molecular formula is C19H21N3O4. The van der Waals surface area contributed by atoms with E-state index in [4.69, 9.17) is 4.74 Å². The number of nitro groups is 1. The maximum absolute atomic E-state index is 12.4. The van der Waals surface area contributed by atoms with E-state index < -0.39 is 4.92 Å². The first kappa shape index (κ1) is 17.7. The molecule has 26 heavy (non-hydrogen) atoms. The highest BCUT2D eigenvalue weighted by molar-refractivity contribution is 5.95. The molecular weight excluding hydrogens is 334 g/mol. The van der Waals surface area contributed by atoms with Crippen molar-refractivity contribution in [3.63, 3.8) is 0 Å². The molecule has 0 aliphatic carbocycles. The van der Waals surface area contributed by atoms with Gasteiger partial charge in [-0.3, -0.25) is 14.9 Å². The summed E-state index contributed by atoms with van der Waals surface area (Å²) in [6.45, 7) is 3.43. The zero-order chi connectivity index (χ0) is 18.7. The van der Waals surface area contributed by atoms with Crippen LogP contribution in [0.15, 0.2) is 42.5 Å². The minimum atomic E-state index is -0.556. The lowest BCUT2D eigenvalue weighted by Crippen LogP contribution is -2.41. The van der Waals surface area contributed by atoms with E-state index in [0.717, 1.165) is 13.0 Å². The molecule has 1 heterocycles. The van der Waals surface area contributed by atoms with Gasteiger partial charge in [-0.15, -0.1) is 0 Å². The summed E-state index contributed by atoms with van der Waals surface area (Å²) in [6.07, 6.45) is 0.999. The van der Waals surface area contributed by atoms with E-state index in [1.807, 2.05) is 12.1 Å². The molecule has 0 spiro atoms. The minimum Gasteiger partial charge on any atom is -0.490 e. The van der Waals surface area contributed by atoms with E-state index in [9.17, 15) is 14.9 Å². The first-order chi connectivity index (χ1) is 12.5. The van der Waals surface area contributed by atoms with Crippen molar-refractivity contribution < 1.29 is 14.5 Å². The van der Waals surface area contributed by atoms with Crippen LogP contribution < -0.4 is 15.0 Å². The Kier molecular flexibility index (Phi) is 5.06. The summed E-state index contributed by atoms with van der Waals surface area (Å²) in [5, 5.41) is 14.0. The summed E-state index contributed by atoms with van der Waals surface area (Å²) < 4.78 is 4.96. The summed E-state index contributed by atoms with van der Waals surface area (Å²) in [5.74, 6) is -0.205. The van der Waals surface area contributed by atoms with E-state index in [1.165, 1.54) is 36.6 Å². The van der Waals surface area contributed by atoms with E-state index in [0.29, 0.717) is 6.54 Å². The van der Waals surface area contributed by atoms with Crippen LogP contribution >= 0.6 is 0 Å². The van der Waals surface area contributed by atoms with Gasteiger partial charge in [0.1, 0.15) is 0 Å². The van der Waals surface area contributed by atoms with Gasteiger partial charge in [-0.05, 0) is 37.1 Å². The number of hydrogen-bond donors (Lipinski definition) is 1. The fourth-order valence-electron chi connectivity index (χ4n) is 3.25. The molecule has 1 atom stereocenters. The van der Waals surface area contributed by atoms with E-state index in [2.05, 4.69) is 29.3 Å². The van der Waals surface area contributed by atoms with Crippen LogP contribution in [0.4, 0.5) is 11.4 Å². The first-order valence-electron chi connectivity index (χ1n) is 8.46. The molecule has 7 nitrogen and oxygen atoms in total. The second-order valence-corrected chi connectivity index (χ2v) is 6.27. The molecule has 0 saturated heterocycles. The van der Waals surface area contributed by atoms with Crippen molar-refractivity contribution in [2.24, 2.45) is 0 Å². The van der Waals surface area contributed by atoms with Crippen molar-refractivity contribution in [2.45, 2.75) is 19.4 Å². The van der Waals surface area contributed by atoms with Gasteiger partial charge in [0, 0.05) is 36.4 Å². The van der Waals surface area contributed by atoms with E-state index in [1.54, 1.807) is 0 Å². The van der Waals surface area contributed by atoms with Crippen LogP contribution in [-0.2, 0) is 6.42 Å². The first-order valence-corrected chi connectivity index (χ1v) is 8.46. The maximum atomic E-state index is 12.4. The molecule has 0 fully saturated rings. The lowest BCUT2D eigenvalue weighted by atomic mass is 10.1. The molecule has 0 bridgehead atoms. The quantitative estimate of drug-likeness (QED) is 0.636. The summed E-state index contributed by atoms with van der Waals surface area (Å²) in [6, 6.07) is 12.6. The molecule has 0 saturated carbocycles. The average Bonchev–Trinajstić information content (AvgIpc) is 3.09. The van der Waals surface area contributed by atoms with Crippen LogP contribution in [-0.4, -0.2) is 37.1 Å². The Labute approximate surface area is 151 Å². The zero-order valence-electron chi connectivity index (χ0n) is 14.8. The molecule has 3 rings (SSSR count). The SMILES string of the molecule is COc1ccc(C(=O)NC[C@H](C)N2CCc3ccccc32)cc1[N+](=O)[O-]. The predicted octanol–water partition coefficient (Wildman–Crippen LogP) is 2.78. The van der Waals surface area contributed by atoms with Gasteiger partial charge in [0.2, 0.25) is 0 Å². The summed E-state index contributed by atoms with van der Waals surface area (Å²) in [4.78, 5) is 25.2. The Morgan fingerprint density at radius 3 is 2.85 bits per heavy atom. The molecule has 0 radical (unpaired) electrons. The highest BCUT2D eigenvalue weighted by Crippen LogP contribution is 2.29. The predicted molar refractivity (Wildman–Crippen MR) is 98.9 cm³/mol. The number of methoxy groups -OCH3 is 1. The number of amides is 1. The largest absolute Gasteiger partial charge is 0.490 e. The Morgan fingerprint density at radius 1 is 1.35 bits per heavy atom. The number of para-hydroxylation sites is 1. The molecule has 1 aliphatic heterocycles. The van der Waals surface area contributed by atoms with Gasteiger partial charge in [-0.2, -0.15) is 0 Å². The number of rotatable bonds is 6. The van der Waals surface area contributed by atoms with Crippen LogP contribution in [0.3, 0.4) is 0 Å². The van der Waals surface area contributed by atoms with Gasteiger partial charge in [-0.25, -0.2) is 0 Å². The molecule has 2 aromatic carbocycles. The summed E-state index contributed by atoms with van der Waals surface area (Å²) in [7, 11) is 1.36. The lowest BCUT2D eigenvalue weighted by molar-refractivity contribution is -0.385. The van der Waals surface area contributed by atoms with Crippen LogP contribution in [0.1, 0.15) is 22.8 Å². The van der Waals surface area contributed by atoms with Gasteiger partial charge < -0.3 is 15.0 Å². The fourth-order valence-corrected chi connectivity index (χ4v) is 3.25. The van der Waals surface area contributed by atoms with Crippen molar-refractivity contribution in [1.82, 2.24) is 5.32 Å². The number of carbonyl (C=O) groups excluding carboxylic acids is 1. The number of nitrogens with one attached hydrogen (secondary N) is 1. The van der Waals surface area contributed by atoms with Crippen LogP contribution in [0.5, 0.6) is 5.75 Å². The monoisotopic (exact) mass is 355 g/mol. The molecule has 1 N–H and O–H groups in total. The third kappa shape index (κ3) is 3.46. The second-order valence-electron chi connectivity index (χ2n) is 6.27. The second kappa shape index (κ2) is 7.43. The highest BCUT2D eigenvalue weighted by Gasteiger charge is 2.24. The van der Waals surface area contributed by atoms with Crippen molar-refractivity contribution >= 4 is 17.3 Å². The number of nitro benzene ring substituents is 1. The minimum absolute atomic E-state index is 0.121. The number of anilines is 1. The van der Waals surface area contributed by atoms with Gasteiger partial charge in [-0.1, -0.05) is 18.2 Å². The maximum Gasteiger partial charge on any atom is 0.311 e. The van der Waals surface area contributed by atoms with Crippen molar-refractivity contribution in [1.29, 1.82) is 0 Å². The van der Waals surface area contributed by atoms with Crippen molar-refractivity contribution in [2.75, 3.05) is 25.1 Å². The number of carbonyl (C=O) groups is 1. The molecule has 1 amide bonds. The molecule has 0 aromatic heterocycles. The van der Waals surface area contributed by atoms with Crippen molar-refractivity contribution in [3.8, 4) is 5.75 Å². The average molecular weight is 355 g/mol. The number of ether oxygens (including phenoxy) is 1. The summed E-state index contributed by atoms with van der Waals surface area (Å²) in [5.41, 5.74) is 2.54. The Bertz CT molecular complexity index is 837. The molecule has 0 unspecified atom stereocenters. The van der Waals surface area contributed by atoms with E-state index >= 15 is 0 Å². The molecule has 1 aliphatic rings. The Hall–Kier alpha value is -3.09. The van der Waals surface area contributed by atoms with Crippen molar-refractivity contribution in [3.05, 3.63) is 63.7 Å². The third-order valence-corrected chi connectivity index (χ3v) is 4.65. The smallest absolute Gasteiger partial charge is 0.311 e. The van der Waals surface area contributed by atoms with Gasteiger partial charge >= 0.3 is 5.69 Å². The van der Waals surface area contributed by atoms with Gasteiger partial charge in [0.05, 0.1) is 12.0 Å².